The molecule has 0 atom stereocenters. The molecule has 0 unspecified atom stereocenters. The van der Waals surface area contributed by atoms with Gasteiger partial charge in [0.2, 0.25) is 0 Å². The molecule has 20 heavy (non-hydrogen) atoms. The van der Waals surface area contributed by atoms with Crippen LogP contribution in [0.3, 0.4) is 0 Å². The SMILES string of the molecule is CN1C(=O)C(=O)N(Cc2csc(-c3ccsc3)n2)C1=O. The summed E-state index contributed by atoms with van der Waals surface area (Å²) in [5, 5.41) is 6.56. The minimum atomic E-state index is -0.803. The molecule has 3 rings (SSSR count). The molecule has 0 aromatic carbocycles. The number of hydrogen-bond donors (Lipinski definition) is 0. The van der Waals surface area contributed by atoms with E-state index < -0.39 is 17.8 Å². The minimum Gasteiger partial charge on any atom is -0.263 e. The number of urea groups is 1. The Labute approximate surface area is 122 Å². The molecule has 0 saturated carbocycles. The number of carbonyl (C=O) groups excluding carboxylic acids is 3. The Morgan fingerprint density at radius 2 is 2.00 bits per heavy atom. The van der Waals surface area contributed by atoms with Crippen molar-refractivity contribution in [1.29, 1.82) is 0 Å². The second kappa shape index (κ2) is 4.80. The van der Waals surface area contributed by atoms with Gasteiger partial charge in [-0.2, -0.15) is 11.3 Å². The second-order valence-electron chi connectivity index (χ2n) is 4.19. The van der Waals surface area contributed by atoms with Gasteiger partial charge >= 0.3 is 17.8 Å². The van der Waals surface area contributed by atoms with Crippen molar-refractivity contribution < 1.29 is 14.4 Å². The Balaban J connectivity index is 1.81. The standard InChI is InChI=1S/C12H9N3O3S2/c1-14-10(16)11(17)15(12(14)18)4-8-6-20-9(13-8)7-2-3-19-5-7/h2-3,5-6H,4H2,1H3. The molecule has 1 saturated heterocycles. The third kappa shape index (κ3) is 2.02. The molecule has 102 valence electrons. The van der Waals surface area contributed by atoms with E-state index in [1.807, 2.05) is 16.8 Å². The lowest BCUT2D eigenvalue weighted by atomic mass is 10.3. The molecule has 2 aromatic heterocycles. The van der Waals surface area contributed by atoms with Crippen LogP contribution < -0.4 is 0 Å². The highest BCUT2D eigenvalue weighted by Gasteiger charge is 2.42. The summed E-state index contributed by atoms with van der Waals surface area (Å²) in [6, 6.07) is 1.35. The van der Waals surface area contributed by atoms with Gasteiger partial charge in [-0.25, -0.2) is 14.7 Å². The van der Waals surface area contributed by atoms with Crippen LogP contribution in [-0.2, 0) is 16.1 Å². The molecule has 8 heteroatoms. The maximum Gasteiger partial charge on any atom is 0.334 e. The van der Waals surface area contributed by atoms with Gasteiger partial charge in [-0.1, -0.05) is 0 Å². The topological polar surface area (TPSA) is 70.6 Å². The number of amides is 4. The first kappa shape index (κ1) is 12.9. The van der Waals surface area contributed by atoms with Gasteiger partial charge in [-0.05, 0) is 11.4 Å². The molecule has 1 aliphatic heterocycles. The highest BCUT2D eigenvalue weighted by Crippen LogP contribution is 2.26. The number of thiophene rings is 1. The lowest BCUT2D eigenvalue weighted by molar-refractivity contribution is -0.143. The largest absolute Gasteiger partial charge is 0.334 e. The quantitative estimate of drug-likeness (QED) is 0.640. The third-order valence-electron chi connectivity index (χ3n) is 2.89. The number of imide groups is 2. The molecule has 0 N–H and O–H groups in total. The summed E-state index contributed by atoms with van der Waals surface area (Å²) >= 11 is 3.02. The molecule has 2 aromatic rings. The number of aromatic nitrogens is 1. The fourth-order valence-corrected chi connectivity index (χ4v) is 3.34. The van der Waals surface area contributed by atoms with E-state index in [0.29, 0.717) is 5.69 Å². The summed E-state index contributed by atoms with van der Waals surface area (Å²) in [5.74, 6) is -1.61. The maximum atomic E-state index is 11.8. The maximum absolute atomic E-state index is 11.8. The van der Waals surface area contributed by atoms with Gasteiger partial charge in [0.05, 0.1) is 12.2 Å². The predicted molar refractivity (Wildman–Crippen MR) is 74.1 cm³/mol. The zero-order chi connectivity index (χ0) is 14.3. The van der Waals surface area contributed by atoms with Gasteiger partial charge in [-0.3, -0.25) is 14.5 Å². The molecule has 1 fully saturated rings. The van der Waals surface area contributed by atoms with Crippen LogP contribution in [0, 0.1) is 0 Å². The Kier molecular flexibility index (Phi) is 3.11. The minimum absolute atomic E-state index is 0.0222. The van der Waals surface area contributed by atoms with Crippen LogP contribution in [0.2, 0.25) is 0 Å². The van der Waals surface area contributed by atoms with Crippen molar-refractivity contribution in [3.63, 3.8) is 0 Å². The van der Waals surface area contributed by atoms with Crippen LogP contribution in [0.15, 0.2) is 22.2 Å². The Morgan fingerprint density at radius 1 is 1.20 bits per heavy atom. The van der Waals surface area contributed by atoms with Crippen molar-refractivity contribution in [3.8, 4) is 10.6 Å². The van der Waals surface area contributed by atoms with E-state index >= 15 is 0 Å². The van der Waals surface area contributed by atoms with Gasteiger partial charge in [0.1, 0.15) is 5.01 Å². The van der Waals surface area contributed by atoms with Crippen molar-refractivity contribution in [2.75, 3.05) is 7.05 Å². The van der Waals surface area contributed by atoms with Crippen LogP contribution in [0.25, 0.3) is 10.6 Å². The molecule has 4 amide bonds. The average molecular weight is 307 g/mol. The van der Waals surface area contributed by atoms with Gasteiger partial charge in [0, 0.05) is 23.4 Å². The summed E-state index contributed by atoms with van der Waals surface area (Å²) in [5.41, 5.74) is 1.61. The first-order valence-electron chi connectivity index (χ1n) is 5.68. The van der Waals surface area contributed by atoms with Crippen molar-refractivity contribution in [2.45, 2.75) is 6.54 Å². The fourth-order valence-electron chi connectivity index (χ4n) is 1.81. The first-order chi connectivity index (χ1) is 9.58. The molecule has 0 aliphatic carbocycles. The molecule has 3 heterocycles. The highest BCUT2D eigenvalue weighted by atomic mass is 32.1. The smallest absolute Gasteiger partial charge is 0.263 e. The molecule has 1 aliphatic rings. The first-order valence-corrected chi connectivity index (χ1v) is 7.50. The number of likely N-dealkylation sites (N-methyl/N-ethyl adjacent to an activating group) is 1. The lowest BCUT2D eigenvalue weighted by Crippen LogP contribution is -2.31. The Bertz CT molecular complexity index is 693. The molecule has 6 nitrogen and oxygen atoms in total. The molecule has 0 bridgehead atoms. The van der Waals surface area contributed by atoms with Gasteiger partial charge in [0.15, 0.2) is 0 Å². The van der Waals surface area contributed by atoms with Crippen molar-refractivity contribution in [3.05, 3.63) is 27.9 Å². The van der Waals surface area contributed by atoms with Crippen LogP contribution in [-0.4, -0.2) is 39.7 Å². The predicted octanol–water partition coefficient (Wildman–Crippen LogP) is 1.79. The molecule has 0 spiro atoms. The molecular formula is C12H9N3O3S2. The number of nitrogens with zero attached hydrogens (tertiary/aromatic N) is 3. The van der Waals surface area contributed by atoms with Crippen LogP contribution >= 0.6 is 22.7 Å². The van der Waals surface area contributed by atoms with E-state index in [-0.39, 0.29) is 6.54 Å². The van der Waals surface area contributed by atoms with Crippen LogP contribution in [0.5, 0.6) is 0 Å². The fraction of sp³-hybridized carbons (Fsp3) is 0.167. The van der Waals surface area contributed by atoms with Gasteiger partial charge < -0.3 is 0 Å². The molecule has 0 radical (unpaired) electrons. The van der Waals surface area contributed by atoms with E-state index in [0.717, 1.165) is 20.4 Å². The van der Waals surface area contributed by atoms with Crippen molar-refractivity contribution in [1.82, 2.24) is 14.8 Å². The number of thiazole rings is 1. The van der Waals surface area contributed by atoms with E-state index in [4.69, 9.17) is 0 Å². The van der Waals surface area contributed by atoms with E-state index in [2.05, 4.69) is 4.98 Å². The second-order valence-corrected chi connectivity index (χ2v) is 5.83. The Hall–Kier alpha value is -2.06. The van der Waals surface area contributed by atoms with Crippen LogP contribution in [0.4, 0.5) is 4.79 Å². The number of carbonyl (C=O) groups is 3. The summed E-state index contributed by atoms with van der Waals surface area (Å²) in [7, 11) is 1.29. The number of rotatable bonds is 3. The van der Waals surface area contributed by atoms with E-state index in [1.165, 1.54) is 18.4 Å². The van der Waals surface area contributed by atoms with Gasteiger partial charge in [-0.15, -0.1) is 11.3 Å². The van der Waals surface area contributed by atoms with E-state index in [1.54, 1.807) is 16.7 Å². The lowest BCUT2D eigenvalue weighted by Gasteiger charge is -2.10. The average Bonchev–Trinajstić information content (AvgIpc) is 3.14. The summed E-state index contributed by atoms with van der Waals surface area (Å²) < 4.78 is 0. The monoisotopic (exact) mass is 307 g/mol. The van der Waals surface area contributed by atoms with Crippen LogP contribution in [0.1, 0.15) is 5.69 Å². The zero-order valence-corrected chi connectivity index (χ0v) is 12.0. The molecular weight excluding hydrogens is 298 g/mol. The summed E-state index contributed by atoms with van der Waals surface area (Å²) in [6.45, 7) is 0.0222. The zero-order valence-electron chi connectivity index (χ0n) is 10.4. The number of hydrogen-bond acceptors (Lipinski definition) is 6. The normalized spacial score (nSPS) is 15.6. The van der Waals surface area contributed by atoms with E-state index in [9.17, 15) is 14.4 Å². The summed E-state index contributed by atoms with van der Waals surface area (Å²) in [6.07, 6.45) is 0. The van der Waals surface area contributed by atoms with Crippen molar-refractivity contribution in [2.24, 2.45) is 0 Å². The van der Waals surface area contributed by atoms with Gasteiger partial charge in [0.25, 0.3) is 0 Å². The Morgan fingerprint density at radius 3 is 2.60 bits per heavy atom. The highest BCUT2D eigenvalue weighted by molar-refractivity contribution is 7.14. The summed E-state index contributed by atoms with van der Waals surface area (Å²) in [4.78, 5) is 40.9. The van der Waals surface area contributed by atoms with Crippen molar-refractivity contribution >= 4 is 40.5 Å². The third-order valence-corrected chi connectivity index (χ3v) is 4.51.